The van der Waals surface area contributed by atoms with Crippen molar-refractivity contribution in [3.63, 3.8) is 0 Å². The Kier molecular flexibility index (Phi) is 3.70. The molecule has 0 radical (unpaired) electrons. The first kappa shape index (κ1) is 15.1. The Labute approximate surface area is 126 Å². The van der Waals surface area contributed by atoms with Gasteiger partial charge in [-0.15, -0.1) is 0 Å². The Hall–Kier alpha value is -1.86. The summed E-state index contributed by atoms with van der Waals surface area (Å²) in [6.45, 7) is 2.93. The van der Waals surface area contributed by atoms with Gasteiger partial charge in [0, 0.05) is 11.3 Å². The molecule has 8 heteroatoms. The van der Waals surface area contributed by atoms with E-state index >= 15 is 0 Å². The van der Waals surface area contributed by atoms with E-state index < -0.39 is 12.2 Å². The molecule has 1 aliphatic carbocycles. The van der Waals surface area contributed by atoms with Gasteiger partial charge < -0.3 is 5.32 Å². The summed E-state index contributed by atoms with van der Waals surface area (Å²) in [6, 6.07) is -1.66. The van der Waals surface area contributed by atoms with Gasteiger partial charge in [-0.2, -0.15) is 27.8 Å². The molecule has 1 fully saturated rings. The zero-order valence-electron chi connectivity index (χ0n) is 12.5. The van der Waals surface area contributed by atoms with Crippen LogP contribution in [0.15, 0.2) is 6.33 Å². The lowest BCUT2D eigenvalue weighted by molar-refractivity contribution is -0.138. The fourth-order valence-electron chi connectivity index (χ4n) is 3.09. The number of alkyl halides is 3. The molecule has 1 aliphatic rings. The molecule has 1 saturated carbocycles. The number of anilines is 1. The van der Waals surface area contributed by atoms with Gasteiger partial charge in [-0.25, -0.2) is 4.98 Å². The third-order valence-corrected chi connectivity index (χ3v) is 4.26. The number of nitrogens with zero attached hydrogens (tertiary/aromatic N) is 4. The van der Waals surface area contributed by atoms with Crippen molar-refractivity contribution in [1.82, 2.24) is 19.6 Å². The highest BCUT2D eigenvalue weighted by molar-refractivity contribution is 5.55. The van der Waals surface area contributed by atoms with Gasteiger partial charge in [0.1, 0.15) is 18.2 Å². The van der Waals surface area contributed by atoms with Crippen molar-refractivity contribution < 1.29 is 13.2 Å². The molecule has 3 rings (SSSR count). The fourth-order valence-corrected chi connectivity index (χ4v) is 3.09. The molecule has 1 N–H and O–H groups in total. The molecule has 1 atom stereocenters. The van der Waals surface area contributed by atoms with Crippen molar-refractivity contribution >= 4 is 11.6 Å². The summed E-state index contributed by atoms with van der Waals surface area (Å²) in [5.74, 6) is 0.914. The second kappa shape index (κ2) is 5.40. The minimum absolute atomic E-state index is 0.226. The zero-order valence-corrected chi connectivity index (χ0v) is 12.5. The highest BCUT2D eigenvalue weighted by Gasteiger charge is 2.37. The van der Waals surface area contributed by atoms with Gasteiger partial charge in [0.2, 0.25) is 0 Å². The molecule has 0 spiro atoms. The van der Waals surface area contributed by atoms with Crippen molar-refractivity contribution in [2.75, 3.05) is 5.32 Å². The average molecular weight is 313 g/mol. The predicted molar refractivity (Wildman–Crippen MR) is 75.9 cm³/mol. The van der Waals surface area contributed by atoms with Crippen molar-refractivity contribution in [3.8, 4) is 0 Å². The van der Waals surface area contributed by atoms with Crippen molar-refractivity contribution in [2.24, 2.45) is 0 Å². The van der Waals surface area contributed by atoms with Crippen molar-refractivity contribution in [1.29, 1.82) is 0 Å². The summed E-state index contributed by atoms with van der Waals surface area (Å²) >= 11 is 0. The number of fused-ring (bicyclic) bond motifs is 1. The Balaban J connectivity index is 2.11. The van der Waals surface area contributed by atoms with E-state index in [-0.39, 0.29) is 5.92 Å². The summed E-state index contributed by atoms with van der Waals surface area (Å²) in [5.41, 5.74) is 1.57. The molecular formula is C14H18F3N5. The van der Waals surface area contributed by atoms with Crippen LogP contribution in [0.25, 0.3) is 5.78 Å². The molecule has 2 heterocycles. The Morgan fingerprint density at radius 1 is 1.32 bits per heavy atom. The Bertz CT molecular complexity index is 673. The quantitative estimate of drug-likeness (QED) is 0.943. The van der Waals surface area contributed by atoms with E-state index in [1.54, 1.807) is 0 Å². The molecule has 2 aromatic heterocycles. The molecule has 0 bridgehead atoms. The van der Waals surface area contributed by atoms with E-state index in [1.807, 2.05) is 6.92 Å². The largest absolute Gasteiger partial charge is 0.408 e. The SMILES string of the molecule is Cc1nc2ncnn2c(N[C@@H](C)C(F)(F)F)c1C1CCCC1. The number of nitrogens with one attached hydrogen (secondary N) is 1. The van der Waals surface area contributed by atoms with Gasteiger partial charge in [0.25, 0.3) is 5.78 Å². The summed E-state index contributed by atoms with van der Waals surface area (Å²) in [6.07, 6.45) is 1.11. The minimum Gasteiger partial charge on any atom is -0.358 e. The van der Waals surface area contributed by atoms with E-state index in [0.29, 0.717) is 11.6 Å². The maximum Gasteiger partial charge on any atom is 0.408 e. The molecule has 0 aromatic carbocycles. The first-order valence-electron chi connectivity index (χ1n) is 7.41. The van der Waals surface area contributed by atoms with Crippen LogP contribution in [-0.2, 0) is 0 Å². The second-order valence-electron chi connectivity index (χ2n) is 5.82. The van der Waals surface area contributed by atoms with Gasteiger partial charge in [-0.3, -0.25) is 0 Å². The van der Waals surface area contributed by atoms with Crippen LogP contribution in [-0.4, -0.2) is 31.8 Å². The van der Waals surface area contributed by atoms with E-state index in [1.165, 1.54) is 10.8 Å². The van der Waals surface area contributed by atoms with Crippen LogP contribution < -0.4 is 5.32 Å². The summed E-state index contributed by atoms with van der Waals surface area (Å²) in [7, 11) is 0. The van der Waals surface area contributed by atoms with Crippen LogP contribution in [0, 0.1) is 6.92 Å². The van der Waals surface area contributed by atoms with Crippen LogP contribution >= 0.6 is 0 Å². The molecule has 0 aliphatic heterocycles. The highest BCUT2D eigenvalue weighted by atomic mass is 19.4. The zero-order chi connectivity index (χ0) is 15.9. The van der Waals surface area contributed by atoms with Gasteiger partial charge >= 0.3 is 6.18 Å². The lowest BCUT2D eigenvalue weighted by atomic mass is 9.96. The first-order valence-corrected chi connectivity index (χ1v) is 7.41. The average Bonchev–Trinajstić information content (AvgIpc) is 3.07. The third kappa shape index (κ3) is 2.62. The minimum atomic E-state index is -4.32. The molecule has 0 unspecified atom stereocenters. The lowest BCUT2D eigenvalue weighted by Gasteiger charge is -2.23. The van der Waals surface area contributed by atoms with Gasteiger partial charge in [0.05, 0.1) is 0 Å². The normalized spacial score (nSPS) is 18.0. The third-order valence-electron chi connectivity index (χ3n) is 4.26. The van der Waals surface area contributed by atoms with Crippen molar-refractivity contribution in [2.45, 2.75) is 57.7 Å². The van der Waals surface area contributed by atoms with E-state index in [0.717, 1.165) is 43.9 Å². The Morgan fingerprint density at radius 3 is 2.64 bits per heavy atom. The van der Waals surface area contributed by atoms with Crippen molar-refractivity contribution in [3.05, 3.63) is 17.6 Å². The molecule has 0 amide bonds. The van der Waals surface area contributed by atoms with E-state index in [2.05, 4.69) is 20.4 Å². The monoisotopic (exact) mass is 313 g/mol. The van der Waals surface area contributed by atoms with Crippen LogP contribution in [0.3, 0.4) is 0 Å². The topological polar surface area (TPSA) is 55.1 Å². The molecule has 120 valence electrons. The summed E-state index contributed by atoms with van der Waals surface area (Å²) in [4.78, 5) is 8.38. The predicted octanol–water partition coefficient (Wildman–Crippen LogP) is 3.45. The number of halogens is 3. The molecule has 0 saturated heterocycles. The smallest absolute Gasteiger partial charge is 0.358 e. The molecule has 2 aromatic rings. The summed E-state index contributed by atoms with van der Waals surface area (Å²) < 4.78 is 40.2. The number of hydrogen-bond acceptors (Lipinski definition) is 4. The van der Waals surface area contributed by atoms with Crippen LogP contribution in [0.1, 0.15) is 49.8 Å². The molecule has 22 heavy (non-hydrogen) atoms. The Morgan fingerprint density at radius 2 is 2.00 bits per heavy atom. The molecule has 5 nitrogen and oxygen atoms in total. The number of hydrogen-bond donors (Lipinski definition) is 1. The lowest BCUT2D eigenvalue weighted by Crippen LogP contribution is -2.34. The van der Waals surface area contributed by atoms with E-state index in [4.69, 9.17) is 0 Å². The second-order valence-corrected chi connectivity index (χ2v) is 5.82. The van der Waals surface area contributed by atoms with Gasteiger partial charge in [0.15, 0.2) is 0 Å². The van der Waals surface area contributed by atoms with Crippen LogP contribution in [0.2, 0.25) is 0 Å². The number of rotatable bonds is 3. The highest BCUT2D eigenvalue weighted by Crippen LogP contribution is 2.39. The maximum absolute atomic E-state index is 12.9. The first-order chi connectivity index (χ1) is 10.4. The van der Waals surface area contributed by atoms with Crippen LogP contribution in [0.5, 0.6) is 0 Å². The van der Waals surface area contributed by atoms with E-state index in [9.17, 15) is 13.2 Å². The number of aromatic nitrogens is 4. The molecular weight excluding hydrogens is 295 g/mol. The van der Waals surface area contributed by atoms with Crippen LogP contribution in [0.4, 0.5) is 19.0 Å². The number of aryl methyl sites for hydroxylation is 1. The van der Waals surface area contributed by atoms with Gasteiger partial charge in [-0.1, -0.05) is 12.8 Å². The summed E-state index contributed by atoms with van der Waals surface area (Å²) in [5, 5.41) is 6.63. The maximum atomic E-state index is 12.9. The standard InChI is InChI=1S/C14H18F3N5/c1-8-11(10-5-3-4-6-10)12(21-9(2)14(15,16)17)22-13(20-8)18-7-19-22/h7,9-10,21H,3-6H2,1-2H3/t9-/m0/s1. The van der Waals surface area contributed by atoms with Gasteiger partial charge in [-0.05, 0) is 32.6 Å². The fraction of sp³-hybridized carbons (Fsp3) is 0.643.